The molecule has 132 valence electrons. The van der Waals surface area contributed by atoms with Crippen LogP contribution in [-0.2, 0) is 15.0 Å². The smallest absolute Gasteiger partial charge is 0.312 e. The Kier molecular flexibility index (Phi) is 5.86. The average molecular weight is 333 g/mol. The maximum atomic E-state index is 11.8. The van der Waals surface area contributed by atoms with Gasteiger partial charge in [-0.2, -0.15) is 0 Å². The SMILES string of the molecule is CC(C)(C)c1ccccc1OCC1CCN(C(=O)CC(=O)O)CC1. The summed E-state index contributed by atoms with van der Waals surface area (Å²) in [7, 11) is 0. The van der Waals surface area contributed by atoms with Crippen molar-refractivity contribution in [2.45, 2.75) is 45.4 Å². The van der Waals surface area contributed by atoms with Crippen LogP contribution in [-0.4, -0.2) is 41.6 Å². The summed E-state index contributed by atoms with van der Waals surface area (Å²) in [6.07, 6.45) is 1.28. The number of amides is 1. The first kappa shape index (κ1) is 18.3. The Balaban J connectivity index is 1.85. The van der Waals surface area contributed by atoms with Crippen molar-refractivity contribution in [3.8, 4) is 5.75 Å². The van der Waals surface area contributed by atoms with Crippen LogP contribution in [0.15, 0.2) is 24.3 Å². The summed E-state index contributed by atoms with van der Waals surface area (Å²) in [6.45, 7) is 8.36. The summed E-state index contributed by atoms with van der Waals surface area (Å²) >= 11 is 0. The highest BCUT2D eigenvalue weighted by molar-refractivity contribution is 5.93. The second-order valence-electron chi connectivity index (χ2n) is 7.45. The molecular formula is C19H27NO4. The molecule has 1 aliphatic heterocycles. The van der Waals surface area contributed by atoms with Crippen LogP contribution in [0.3, 0.4) is 0 Å². The number of carboxylic acid groups (broad SMARTS) is 1. The van der Waals surface area contributed by atoms with Crippen molar-refractivity contribution < 1.29 is 19.4 Å². The quantitative estimate of drug-likeness (QED) is 0.841. The Bertz CT molecular complexity index is 583. The number of hydrogen-bond acceptors (Lipinski definition) is 3. The molecular weight excluding hydrogens is 306 g/mol. The van der Waals surface area contributed by atoms with Gasteiger partial charge in [0.15, 0.2) is 0 Å². The van der Waals surface area contributed by atoms with E-state index in [0.29, 0.717) is 25.6 Å². The molecule has 1 aromatic rings. The lowest BCUT2D eigenvalue weighted by molar-refractivity contribution is -0.144. The van der Waals surface area contributed by atoms with E-state index in [2.05, 4.69) is 26.8 Å². The first-order chi connectivity index (χ1) is 11.3. The number of para-hydroxylation sites is 1. The minimum atomic E-state index is -1.07. The normalized spacial score (nSPS) is 16.0. The van der Waals surface area contributed by atoms with E-state index in [4.69, 9.17) is 9.84 Å². The Morgan fingerprint density at radius 3 is 2.42 bits per heavy atom. The topological polar surface area (TPSA) is 66.8 Å². The summed E-state index contributed by atoms with van der Waals surface area (Å²) in [6, 6.07) is 8.12. The maximum Gasteiger partial charge on any atom is 0.312 e. The zero-order valence-corrected chi connectivity index (χ0v) is 14.7. The van der Waals surface area contributed by atoms with Crippen molar-refractivity contribution in [3.05, 3.63) is 29.8 Å². The highest BCUT2D eigenvalue weighted by Crippen LogP contribution is 2.31. The van der Waals surface area contributed by atoms with E-state index < -0.39 is 12.4 Å². The lowest BCUT2D eigenvalue weighted by Crippen LogP contribution is -2.40. The molecule has 1 saturated heterocycles. The molecule has 5 heteroatoms. The molecule has 0 radical (unpaired) electrons. The standard InChI is InChI=1S/C19H27NO4/c1-19(2,3)15-6-4-5-7-16(15)24-13-14-8-10-20(11-9-14)17(21)12-18(22)23/h4-7,14H,8-13H2,1-3H3,(H,22,23). The number of likely N-dealkylation sites (tertiary alicyclic amines) is 1. The number of rotatable bonds is 5. The number of piperidine rings is 1. The third-order valence-corrected chi connectivity index (χ3v) is 4.44. The predicted octanol–water partition coefficient (Wildman–Crippen LogP) is 3.08. The van der Waals surface area contributed by atoms with Crippen molar-refractivity contribution in [2.24, 2.45) is 5.92 Å². The highest BCUT2D eigenvalue weighted by atomic mass is 16.5. The van der Waals surface area contributed by atoms with Gasteiger partial charge in [-0.1, -0.05) is 39.0 Å². The largest absolute Gasteiger partial charge is 0.493 e. The Morgan fingerprint density at radius 1 is 1.21 bits per heavy atom. The van der Waals surface area contributed by atoms with Gasteiger partial charge >= 0.3 is 5.97 Å². The van der Waals surface area contributed by atoms with Crippen molar-refractivity contribution in [2.75, 3.05) is 19.7 Å². The van der Waals surface area contributed by atoms with Crippen LogP contribution in [0.1, 0.15) is 45.6 Å². The third-order valence-electron chi connectivity index (χ3n) is 4.44. The van der Waals surface area contributed by atoms with E-state index in [1.165, 1.54) is 5.56 Å². The van der Waals surface area contributed by atoms with E-state index in [1.54, 1.807) is 4.90 Å². The number of benzene rings is 1. The van der Waals surface area contributed by atoms with Crippen molar-refractivity contribution in [1.82, 2.24) is 4.90 Å². The summed E-state index contributed by atoms with van der Waals surface area (Å²) < 4.78 is 6.07. The summed E-state index contributed by atoms with van der Waals surface area (Å²) in [5, 5.41) is 8.70. The predicted molar refractivity (Wildman–Crippen MR) is 92.2 cm³/mol. The van der Waals surface area contributed by atoms with Gasteiger partial charge in [-0.3, -0.25) is 9.59 Å². The molecule has 1 fully saturated rings. The van der Waals surface area contributed by atoms with Crippen LogP contribution in [0.25, 0.3) is 0 Å². The van der Waals surface area contributed by atoms with E-state index in [-0.39, 0.29) is 11.3 Å². The van der Waals surface area contributed by atoms with Gasteiger partial charge in [-0.05, 0) is 35.8 Å². The first-order valence-electron chi connectivity index (χ1n) is 8.49. The number of aliphatic carboxylic acids is 1. The Labute approximate surface area is 143 Å². The fraction of sp³-hybridized carbons (Fsp3) is 0.579. The molecule has 0 bridgehead atoms. The second kappa shape index (κ2) is 7.69. The van der Waals surface area contributed by atoms with Gasteiger partial charge in [0.05, 0.1) is 6.61 Å². The van der Waals surface area contributed by atoms with Crippen molar-refractivity contribution in [1.29, 1.82) is 0 Å². The van der Waals surface area contributed by atoms with E-state index in [1.807, 2.05) is 18.2 Å². The average Bonchev–Trinajstić information content (AvgIpc) is 2.52. The fourth-order valence-electron chi connectivity index (χ4n) is 3.01. The van der Waals surface area contributed by atoms with E-state index in [0.717, 1.165) is 18.6 Å². The summed E-state index contributed by atoms with van der Waals surface area (Å²) in [5.41, 5.74) is 1.22. The second-order valence-corrected chi connectivity index (χ2v) is 7.45. The molecule has 2 rings (SSSR count). The zero-order chi connectivity index (χ0) is 17.7. The molecule has 1 N–H and O–H groups in total. The van der Waals surface area contributed by atoms with Gasteiger partial charge in [0.25, 0.3) is 0 Å². The highest BCUT2D eigenvalue weighted by Gasteiger charge is 2.25. The monoisotopic (exact) mass is 333 g/mol. The van der Waals surface area contributed by atoms with Crippen LogP contribution in [0, 0.1) is 5.92 Å². The molecule has 1 heterocycles. The van der Waals surface area contributed by atoms with Crippen LogP contribution in [0.2, 0.25) is 0 Å². The zero-order valence-electron chi connectivity index (χ0n) is 14.7. The number of carboxylic acids is 1. The van der Waals surface area contributed by atoms with E-state index >= 15 is 0 Å². The van der Waals surface area contributed by atoms with Crippen LogP contribution in [0.5, 0.6) is 5.75 Å². The summed E-state index contributed by atoms with van der Waals surface area (Å²) in [4.78, 5) is 24.0. The maximum absolute atomic E-state index is 11.8. The first-order valence-corrected chi connectivity index (χ1v) is 8.49. The molecule has 0 saturated carbocycles. The molecule has 0 spiro atoms. The van der Waals surface area contributed by atoms with Crippen LogP contribution in [0.4, 0.5) is 0 Å². The third kappa shape index (κ3) is 4.98. The molecule has 24 heavy (non-hydrogen) atoms. The van der Waals surface area contributed by atoms with Gasteiger partial charge < -0.3 is 14.7 Å². The molecule has 1 aliphatic rings. The van der Waals surface area contributed by atoms with Gasteiger partial charge in [0.2, 0.25) is 5.91 Å². The fourth-order valence-corrected chi connectivity index (χ4v) is 3.01. The van der Waals surface area contributed by atoms with Crippen LogP contribution < -0.4 is 4.74 Å². The molecule has 1 aromatic carbocycles. The molecule has 1 amide bonds. The lowest BCUT2D eigenvalue weighted by Gasteiger charge is -2.32. The van der Waals surface area contributed by atoms with Crippen molar-refractivity contribution in [3.63, 3.8) is 0 Å². The number of carbonyl (C=O) groups is 2. The Hall–Kier alpha value is -2.04. The van der Waals surface area contributed by atoms with Gasteiger partial charge in [0, 0.05) is 13.1 Å². The lowest BCUT2D eigenvalue weighted by atomic mass is 9.86. The minimum absolute atomic E-state index is 0.0310. The summed E-state index contributed by atoms with van der Waals surface area (Å²) in [5.74, 6) is -0.0366. The van der Waals surface area contributed by atoms with Crippen molar-refractivity contribution >= 4 is 11.9 Å². The number of nitrogens with zero attached hydrogens (tertiary/aromatic N) is 1. The molecule has 5 nitrogen and oxygen atoms in total. The number of carbonyl (C=O) groups excluding carboxylic acids is 1. The molecule has 0 atom stereocenters. The molecule has 0 aromatic heterocycles. The van der Waals surface area contributed by atoms with Gasteiger partial charge in [-0.25, -0.2) is 0 Å². The number of hydrogen-bond donors (Lipinski definition) is 1. The Morgan fingerprint density at radius 2 is 1.83 bits per heavy atom. The molecule has 0 aliphatic carbocycles. The van der Waals surface area contributed by atoms with Gasteiger partial charge in [-0.15, -0.1) is 0 Å². The molecule has 0 unspecified atom stereocenters. The van der Waals surface area contributed by atoms with Gasteiger partial charge in [0.1, 0.15) is 12.2 Å². The number of ether oxygens (including phenoxy) is 1. The van der Waals surface area contributed by atoms with Crippen LogP contribution >= 0.6 is 0 Å². The van der Waals surface area contributed by atoms with E-state index in [9.17, 15) is 9.59 Å². The minimum Gasteiger partial charge on any atom is -0.493 e.